The summed E-state index contributed by atoms with van der Waals surface area (Å²) >= 11 is 0. The lowest BCUT2D eigenvalue weighted by molar-refractivity contribution is -0.127. The lowest BCUT2D eigenvalue weighted by Gasteiger charge is -2.37. The number of rotatable bonds is 11. The fourth-order valence-corrected chi connectivity index (χ4v) is 8.38. The second kappa shape index (κ2) is 13.6. The number of sulfonamides is 1. The summed E-state index contributed by atoms with van der Waals surface area (Å²) in [5, 5.41) is 3.01. The SMILES string of the molecule is COc1cc(C)c(S(=O)(=O)N2CCC(OCC(=O)NCC3CCC(C(c4ccc(F)cc4)N(C)C)CC3)C2)c(C)c1. The number of carbonyl (C=O) groups excluding carboxylic acids is 1. The first-order valence-corrected chi connectivity index (χ1v) is 15.9. The van der Waals surface area contributed by atoms with E-state index in [1.165, 1.54) is 16.4 Å². The quantitative estimate of drug-likeness (QED) is 0.417. The van der Waals surface area contributed by atoms with Gasteiger partial charge in [0.2, 0.25) is 15.9 Å². The maximum atomic E-state index is 13.4. The zero-order valence-electron chi connectivity index (χ0n) is 24.9. The lowest BCUT2D eigenvalue weighted by Crippen LogP contribution is -2.37. The first kappa shape index (κ1) is 31.4. The van der Waals surface area contributed by atoms with Gasteiger partial charge in [-0.1, -0.05) is 12.1 Å². The molecule has 226 valence electrons. The van der Waals surface area contributed by atoms with E-state index in [-0.39, 0.29) is 37.0 Å². The van der Waals surface area contributed by atoms with E-state index < -0.39 is 10.0 Å². The molecule has 1 heterocycles. The van der Waals surface area contributed by atoms with Crippen LogP contribution in [-0.2, 0) is 19.6 Å². The van der Waals surface area contributed by atoms with Gasteiger partial charge in [-0.3, -0.25) is 4.79 Å². The molecule has 2 aliphatic rings. The van der Waals surface area contributed by atoms with Gasteiger partial charge < -0.3 is 19.7 Å². The van der Waals surface area contributed by atoms with Crippen LogP contribution in [0.25, 0.3) is 0 Å². The van der Waals surface area contributed by atoms with Crippen molar-refractivity contribution in [1.29, 1.82) is 0 Å². The molecule has 0 aromatic heterocycles. The molecule has 1 aliphatic carbocycles. The molecule has 2 aromatic rings. The van der Waals surface area contributed by atoms with Crippen LogP contribution in [0.4, 0.5) is 4.39 Å². The van der Waals surface area contributed by atoms with E-state index in [9.17, 15) is 17.6 Å². The fraction of sp³-hybridized carbons (Fsp3) is 0.581. The second-order valence-corrected chi connectivity index (χ2v) is 13.6. The summed E-state index contributed by atoms with van der Waals surface area (Å²) in [6.45, 7) is 4.66. The van der Waals surface area contributed by atoms with Crippen LogP contribution in [0.5, 0.6) is 5.75 Å². The number of nitrogens with zero attached hydrogens (tertiary/aromatic N) is 2. The predicted molar refractivity (Wildman–Crippen MR) is 157 cm³/mol. The van der Waals surface area contributed by atoms with Gasteiger partial charge >= 0.3 is 0 Å². The molecule has 41 heavy (non-hydrogen) atoms. The number of aryl methyl sites for hydroxylation is 2. The zero-order chi connectivity index (χ0) is 29.7. The molecule has 1 saturated carbocycles. The molecule has 10 heteroatoms. The number of ether oxygens (including phenoxy) is 2. The number of methoxy groups -OCH3 is 1. The van der Waals surface area contributed by atoms with Gasteiger partial charge in [-0.05, 0) is 113 Å². The van der Waals surface area contributed by atoms with Gasteiger partial charge in [0.25, 0.3) is 0 Å². The zero-order valence-corrected chi connectivity index (χ0v) is 25.7. The van der Waals surface area contributed by atoms with Crippen molar-refractivity contribution in [3.8, 4) is 5.75 Å². The van der Waals surface area contributed by atoms with Crippen molar-refractivity contribution >= 4 is 15.9 Å². The summed E-state index contributed by atoms with van der Waals surface area (Å²) in [6, 6.07) is 10.5. The molecule has 1 saturated heterocycles. The van der Waals surface area contributed by atoms with Gasteiger partial charge in [0.1, 0.15) is 18.2 Å². The smallest absolute Gasteiger partial charge is 0.246 e. The van der Waals surface area contributed by atoms with Crippen molar-refractivity contribution < 1.29 is 27.1 Å². The monoisotopic (exact) mass is 589 g/mol. The highest BCUT2D eigenvalue weighted by Gasteiger charge is 2.35. The topological polar surface area (TPSA) is 88.2 Å². The third kappa shape index (κ3) is 7.66. The number of carbonyl (C=O) groups is 1. The van der Waals surface area contributed by atoms with Gasteiger partial charge in [0.15, 0.2) is 0 Å². The Hall–Kier alpha value is -2.53. The summed E-state index contributed by atoms with van der Waals surface area (Å²) < 4.78 is 52.7. The van der Waals surface area contributed by atoms with Gasteiger partial charge in [0.05, 0.1) is 18.1 Å². The summed E-state index contributed by atoms with van der Waals surface area (Å²) in [4.78, 5) is 15.1. The summed E-state index contributed by atoms with van der Waals surface area (Å²) in [5.41, 5.74) is 2.43. The van der Waals surface area contributed by atoms with Crippen LogP contribution < -0.4 is 10.1 Å². The Kier molecular flexibility index (Phi) is 10.4. The third-order valence-electron chi connectivity index (χ3n) is 8.52. The Labute approximate surface area is 244 Å². The Balaban J connectivity index is 1.20. The average molecular weight is 590 g/mol. The molecule has 1 aliphatic heterocycles. The van der Waals surface area contributed by atoms with Crippen LogP contribution >= 0.6 is 0 Å². The minimum absolute atomic E-state index is 0.0816. The Morgan fingerprint density at radius 3 is 2.29 bits per heavy atom. The molecule has 2 unspecified atom stereocenters. The summed E-state index contributed by atoms with van der Waals surface area (Å²) in [6.07, 6.45) is 4.38. The first-order valence-electron chi connectivity index (χ1n) is 14.4. The average Bonchev–Trinajstić information content (AvgIpc) is 3.42. The minimum Gasteiger partial charge on any atom is -0.497 e. The minimum atomic E-state index is -3.68. The largest absolute Gasteiger partial charge is 0.497 e. The van der Waals surface area contributed by atoms with E-state index in [1.54, 1.807) is 33.1 Å². The number of benzene rings is 2. The summed E-state index contributed by atoms with van der Waals surface area (Å²) in [5.74, 6) is 1.13. The molecular formula is C31H44FN3O5S. The van der Waals surface area contributed by atoms with Crippen LogP contribution in [0.1, 0.15) is 54.8 Å². The molecule has 1 N–H and O–H groups in total. The van der Waals surface area contributed by atoms with Crippen molar-refractivity contribution in [1.82, 2.24) is 14.5 Å². The van der Waals surface area contributed by atoms with Crippen molar-refractivity contribution in [2.75, 3.05) is 47.4 Å². The van der Waals surface area contributed by atoms with Crippen molar-refractivity contribution in [3.63, 3.8) is 0 Å². The molecule has 0 radical (unpaired) electrons. The van der Waals surface area contributed by atoms with E-state index in [0.717, 1.165) is 31.2 Å². The van der Waals surface area contributed by atoms with E-state index in [1.807, 2.05) is 12.1 Å². The van der Waals surface area contributed by atoms with Crippen molar-refractivity contribution in [3.05, 3.63) is 58.9 Å². The van der Waals surface area contributed by atoms with Crippen LogP contribution in [0.2, 0.25) is 0 Å². The number of halogens is 1. The third-order valence-corrected chi connectivity index (χ3v) is 10.7. The van der Waals surface area contributed by atoms with Crippen molar-refractivity contribution in [2.45, 2.75) is 63.0 Å². The molecular weight excluding hydrogens is 545 g/mol. The van der Waals surface area contributed by atoms with E-state index >= 15 is 0 Å². The van der Waals surface area contributed by atoms with Crippen LogP contribution in [0.3, 0.4) is 0 Å². The van der Waals surface area contributed by atoms with Gasteiger partial charge in [0, 0.05) is 25.7 Å². The van der Waals surface area contributed by atoms with E-state index in [0.29, 0.717) is 53.1 Å². The summed E-state index contributed by atoms with van der Waals surface area (Å²) in [7, 11) is 2.02. The second-order valence-electron chi connectivity index (χ2n) is 11.7. The molecule has 2 atom stereocenters. The Morgan fingerprint density at radius 1 is 1.07 bits per heavy atom. The van der Waals surface area contributed by atoms with E-state index in [2.05, 4.69) is 24.3 Å². The first-order chi connectivity index (χ1) is 19.5. The molecule has 2 aromatic carbocycles. The highest BCUT2D eigenvalue weighted by atomic mass is 32.2. The van der Waals surface area contributed by atoms with Gasteiger partial charge in [-0.2, -0.15) is 4.31 Å². The normalized spacial score (nSPS) is 22.6. The molecule has 4 rings (SSSR count). The number of nitrogens with one attached hydrogen (secondary N) is 1. The standard InChI is InChI=1S/C31H44FN3O5S/c1-21-16-28(39-5)17-22(2)31(21)41(37,38)35-15-14-27(19-35)40-20-29(36)33-18-23-6-8-24(9-7-23)30(34(3)4)25-10-12-26(32)13-11-25/h10-13,16-17,23-24,27,30H,6-9,14-15,18-20H2,1-5H3,(H,33,36). The van der Waals surface area contributed by atoms with Crippen molar-refractivity contribution in [2.24, 2.45) is 11.8 Å². The van der Waals surface area contributed by atoms with E-state index in [4.69, 9.17) is 9.47 Å². The molecule has 8 nitrogen and oxygen atoms in total. The maximum absolute atomic E-state index is 13.4. The molecule has 0 spiro atoms. The Morgan fingerprint density at radius 2 is 1.71 bits per heavy atom. The lowest BCUT2D eigenvalue weighted by atomic mass is 9.76. The molecule has 0 bridgehead atoms. The van der Waals surface area contributed by atoms with Gasteiger partial charge in [-0.25, -0.2) is 12.8 Å². The van der Waals surface area contributed by atoms with Crippen LogP contribution in [-0.4, -0.2) is 77.1 Å². The van der Waals surface area contributed by atoms with Crippen LogP contribution in [0, 0.1) is 31.5 Å². The molecule has 2 fully saturated rings. The van der Waals surface area contributed by atoms with Gasteiger partial charge in [-0.15, -0.1) is 0 Å². The van der Waals surface area contributed by atoms with Crippen LogP contribution in [0.15, 0.2) is 41.3 Å². The predicted octanol–water partition coefficient (Wildman–Crippen LogP) is 4.46. The number of hydrogen-bond acceptors (Lipinski definition) is 6. The Bertz CT molecular complexity index is 1270. The number of hydrogen-bond donors (Lipinski definition) is 1. The number of amides is 1. The maximum Gasteiger partial charge on any atom is 0.246 e. The fourth-order valence-electron chi connectivity index (χ4n) is 6.48. The highest BCUT2D eigenvalue weighted by Crippen LogP contribution is 2.39. The molecule has 1 amide bonds. The highest BCUT2D eigenvalue weighted by molar-refractivity contribution is 7.89.